The number of carbonyl (C=O) groups is 4. The zero-order valence-corrected chi connectivity index (χ0v) is 10.7. The van der Waals surface area contributed by atoms with E-state index in [9.17, 15) is 19.2 Å². The van der Waals surface area contributed by atoms with Crippen LogP contribution in [0.2, 0.25) is 0 Å². The molecule has 0 unspecified atom stereocenters. The second-order valence-corrected chi connectivity index (χ2v) is 4.09. The zero-order chi connectivity index (χ0) is 15.2. The minimum Gasteiger partial charge on any atom is -0.480 e. The van der Waals surface area contributed by atoms with Crippen molar-refractivity contribution in [1.29, 1.82) is 0 Å². The monoisotopic (exact) mass is 274 g/mol. The lowest BCUT2D eigenvalue weighted by Crippen LogP contribution is -2.54. The molecule has 108 valence electrons. The first kappa shape index (κ1) is 16.8. The van der Waals surface area contributed by atoms with Crippen LogP contribution in [0.1, 0.15) is 20.3 Å². The van der Waals surface area contributed by atoms with Crippen molar-refractivity contribution in [3.63, 3.8) is 0 Å². The van der Waals surface area contributed by atoms with E-state index in [4.69, 9.17) is 16.6 Å². The highest BCUT2D eigenvalue weighted by molar-refractivity contribution is 5.94. The Morgan fingerprint density at radius 2 is 1.63 bits per heavy atom. The van der Waals surface area contributed by atoms with Gasteiger partial charge in [-0.05, 0) is 13.8 Å². The largest absolute Gasteiger partial charge is 0.480 e. The second-order valence-electron chi connectivity index (χ2n) is 4.09. The van der Waals surface area contributed by atoms with Gasteiger partial charge in [0.05, 0.1) is 12.5 Å². The Morgan fingerprint density at radius 1 is 1.11 bits per heavy atom. The molecule has 0 aromatic carbocycles. The van der Waals surface area contributed by atoms with E-state index in [-0.39, 0.29) is 0 Å². The summed E-state index contributed by atoms with van der Waals surface area (Å²) in [5.41, 5.74) is 10.3. The highest BCUT2D eigenvalue weighted by Gasteiger charge is 2.26. The van der Waals surface area contributed by atoms with Crippen molar-refractivity contribution in [2.45, 2.75) is 38.4 Å². The molecule has 0 bridgehead atoms. The van der Waals surface area contributed by atoms with Gasteiger partial charge in [-0.2, -0.15) is 0 Å². The lowest BCUT2D eigenvalue weighted by atomic mass is 10.1. The van der Waals surface area contributed by atoms with Gasteiger partial charge in [-0.25, -0.2) is 0 Å². The van der Waals surface area contributed by atoms with Crippen molar-refractivity contribution < 1.29 is 24.3 Å². The fraction of sp³-hybridized carbons (Fsp3) is 0.600. The fourth-order valence-corrected chi connectivity index (χ4v) is 1.09. The van der Waals surface area contributed by atoms with Gasteiger partial charge in [0.1, 0.15) is 12.1 Å². The van der Waals surface area contributed by atoms with Crippen LogP contribution in [0.15, 0.2) is 0 Å². The molecule has 19 heavy (non-hydrogen) atoms. The van der Waals surface area contributed by atoms with E-state index in [0.717, 1.165) is 0 Å². The molecule has 9 heteroatoms. The molecule has 3 amide bonds. The molecule has 0 fully saturated rings. The predicted octanol–water partition coefficient (Wildman–Crippen LogP) is -2.72. The minimum absolute atomic E-state index is 0.448. The molecule has 0 aliphatic carbocycles. The maximum absolute atomic E-state index is 11.7. The fourth-order valence-electron chi connectivity index (χ4n) is 1.09. The van der Waals surface area contributed by atoms with Crippen molar-refractivity contribution in [3.8, 4) is 0 Å². The molecule has 0 saturated heterocycles. The number of carboxylic acid groups (broad SMARTS) is 1. The third-order valence-corrected chi connectivity index (χ3v) is 2.18. The highest BCUT2D eigenvalue weighted by Crippen LogP contribution is 1.95. The number of nitrogens with two attached hydrogens (primary N) is 2. The van der Waals surface area contributed by atoms with Gasteiger partial charge in [0.15, 0.2) is 0 Å². The number of hydrogen-bond acceptors (Lipinski definition) is 5. The molecule has 0 aliphatic rings. The van der Waals surface area contributed by atoms with Gasteiger partial charge in [-0.1, -0.05) is 0 Å². The predicted molar refractivity (Wildman–Crippen MR) is 64.6 cm³/mol. The molecule has 3 atom stereocenters. The van der Waals surface area contributed by atoms with Gasteiger partial charge in [0.2, 0.25) is 17.7 Å². The van der Waals surface area contributed by atoms with Crippen molar-refractivity contribution >= 4 is 23.7 Å². The van der Waals surface area contributed by atoms with E-state index in [2.05, 4.69) is 10.6 Å². The smallest absolute Gasteiger partial charge is 0.325 e. The SMILES string of the molecule is C[C@H](N)C(=O)N[C@@H](CC(N)=O)C(=O)N[C@@H](C)C(=O)O. The van der Waals surface area contributed by atoms with Gasteiger partial charge in [0.25, 0.3) is 0 Å². The Bertz CT molecular complexity index is 382. The standard InChI is InChI=1S/C10H18N4O5/c1-4(11)8(16)14-6(3-7(12)15)9(17)13-5(2)10(18)19/h4-6H,3,11H2,1-2H3,(H2,12,15)(H,13,17)(H,14,16)(H,18,19)/t4-,5-,6-/m0/s1. The van der Waals surface area contributed by atoms with E-state index in [0.29, 0.717) is 0 Å². The zero-order valence-electron chi connectivity index (χ0n) is 10.7. The first-order chi connectivity index (χ1) is 8.65. The molecule has 7 N–H and O–H groups in total. The van der Waals surface area contributed by atoms with Crippen molar-refractivity contribution in [2.75, 3.05) is 0 Å². The number of amides is 3. The Balaban J connectivity index is 4.74. The Morgan fingerprint density at radius 3 is 2.00 bits per heavy atom. The van der Waals surface area contributed by atoms with Crippen LogP contribution in [-0.4, -0.2) is 46.9 Å². The van der Waals surface area contributed by atoms with Crippen LogP contribution in [0, 0.1) is 0 Å². The van der Waals surface area contributed by atoms with Crippen LogP contribution >= 0.6 is 0 Å². The Kier molecular flexibility index (Phi) is 6.48. The van der Waals surface area contributed by atoms with Crippen molar-refractivity contribution in [2.24, 2.45) is 11.5 Å². The van der Waals surface area contributed by atoms with E-state index in [1.165, 1.54) is 13.8 Å². The summed E-state index contributed by atoms with van der Waals surface area (Å²) in [4.78, 5) is 44.5. The third-order valence-electron chi connectivity index (χ3n) is 2.18. The normalized spacial score (nSPS) is 14.9. The molecular weight excluding hydrogens is 256 g/mol. The first-order valence-electron chi connectivity index (χ1n) is 5.52. The van der Waals surface area contributed by atoms with Crippen LogP contribution in [0.5, 0.6) is 0 Å². The van der Waals surface area contributed by atoms with E-state index >= 15 is 0 Å². The van der Waals surface area contributed by atoms with Gasteiger partial charge >= 0.3 is 5.97 Å². The molecule has 0 rings (SSSR count). The third kappa shape index (κ3) is 6.36. The molecule has 0 aliphatic heterocycles. The Hall–Kier alpha value is -2.16. The second kappa shape index (κ2) is 7.31. The van der Waals surface area contributed by atoms with Crippen molar-refractivity contribution in [1.82, 2.24) is 10.6 Å². The average Bonchev–Trinajstić information content (AvgIpc) is 2.26. The maximum Gasteiger partial charge on any atom is 0.325 e. The molecular formula is C10H18N4O5. The van der Waals surface area contributed by atoms with Gasteiger partial charge < -0.3 is 27.2 Å². The first-order valence-corrected chi connectivity index (χ1v) is 5.52. The molecule has 0 radical (unpaired) electrons. The maximum atomic E-state index is 11.7. The summed E-state index contributed by atoms with van der Waals surface area (Å²) >= 11 is 0. The molecule has 0 spiro atoms. The number of rotatable bonds is 7. The van der Waals surface area contributed by atoms with Gasteiger partial charge in [-0.15, -0.1) is 0 Å². The molecule has 0 aromatic rings. The minimum atomic E-state index is -1.25. The van der Waals surface area contributed by atoms with Crippen LogP contribution in [-0.2, 0) is 19.2 Å². The molecule has 0 saturated carbocycles. The van der Waals surface area contributed by atoms with E-state index in [1.807, 2.05) is 0 Å². The number of aliphatic carboxylic acids is 1. The van der Waals surface area contributed by atoms with Crippen LogP contribution in [0.25, 0.3) is 0 Å². The van der Waals surface area contributed by atoms with Gasteiger partial charge in [-0.3, -0.25) is 19.2 Å². The number of hydrogen-bond donors (Lipinski definition) is 5. The summed E-state index contributed by atoms with van der Waals surface area (Å²) < 4.78 is 0. The number of nitrogens with one attached hydrogen (secondary N) is 2. The van der Waals surface area contributed by atoms with Crippen LogP contribution < -0.4 is 22.1 Å². The van der Waals surface area contributed by atoms with Crippen LogP contribution in [0.4, 0.5) is 0 Å². The summed E-state index contributed by atoms with van der Waals surface area (Å²) in [6.45, 7) is 2.64. The summed E-state index contributed by atoms with van der Waals surface area (Å²) in [6, 6.07) is -3.28. The lowest BCUT2D eigenvalue weighted by molar-refractivity contribution is -0.141. The summed E-state index contributed by atoms with van der Waals surface area (Å²) in [5.74, 6) is -3.52. The molecule has 0 heterocycles. The number of primary amides is 1. The number of carboxylic acids is 1. The average molecular weight is 274 g/mol. The Labute approximate surface area is 109 Å². The molecule has 0 aromatic heterocycles. The highest BCUT2D eigenvalue weighted by atomic mass is 16.4. The van der Waals surface area contributed by atoms with E-state index < -0.39 is 48.2 Å². The van der Waals surface area contributed by atoms with E-state index in [1.54, 1.807) is 0 Å². The lowest BCUT2D eigenvalue weighted by Gasteiger charge is -2.19. The molecule has 9 nitrogen and oxygen atoms in total. The summed E-state index contributed by atoms with van der Waals surface area (Å²) in [5, 5.41) is 13.0. The van der Waals surface area contributed by atoms with Crippen molar-refractivity contribution in [3.05, 3.63) is 0 Å². The summed E-state index contributed by atoms with van der Waals surface area (Å²) in [6.07, 6.45) is -0.448. The number of carbonyl (C=O) groups excluding carboxylic acids is 3. The van der Waals surface area contributed by atoms with Gasteiger partial charge in [0, 0.05) is 0 Å². The topological polar surface area (TPSA) is 165 Å². The van der Waals surface area contributed by atoms with Crippen LogP contribution in [0.3, 0.4) is 0 Å². The quantitative estimate of drug-likeness (QED) is 0.338. The summed E-state index contributed by atoms with van der Waals surface area (Å²) in [7, 11) is 0.